The van der Waals surface area contributed by atoms with Gasteiger partial charge in [-0.25, -0.2) is 0 Å². The first-order chi connectivity index (χ1) is 10.0. The molecule has 21 heavy (non-hydrogen) atoms. The lowest BCUT2D eigenvalue weighted by molar-refractivity contribution is -0.125. The maximum absolute atomic E-state index is 11.9. The van der Waals surface area contributed by atoms with Crippen molar-refractivity contribution in [3.05, 3.63) is 0 Å². The fraction of sp³-hybridized carbons (Fsp3) is 0.938. The summed E-state index contributed by atoms with van der Waals surface area (Å²) in [5, 5.41) is 3.22. The van der Waals surface area contributed by atoms with Gasteiger partial charge in [-0.1, -0.05) is 13.3 Å². The van der Waals surface area contributed by atoms with Crippen molar-refractivity contribution in [1.82, 2.24) is 10.2 Å². The third-order valence-electron chi connectivity index (χ3n) is 5.27. The van der Waals surface area contributed by atoms with E-state index in [-0.39, 0.29) is 5.91 Å². The van der Waals surface area contributed by atoms with Gasteiger partial charge in [0, 0.05) is 19.7 Å². The van der Waals surface area contributed by atoms with E-state index in [9.17, 15) is 4.79 Å². The summed E-state index contributed by atoms with van der Waals surface area (Å²) < 4.78 is 5.21. The van der Waals surface area contributed by atoms with Crippen molar-refractivity contribution in [3.8, 4) is 0 Å². The summed E-state index contributed by atoms with van der Waals surface area (Å²) in [5.74, 6) is 0.147. The van der Waals surface area contributed by atoms with Crippen molar-refractivity contribution >= 4 is 5.91 Å². The van der Waals surface area contributed by atoms with Gasteiger partial charge in [0.1, 0.15) is 5.54 Å². The molecule has 124 valence electrons. The molecule has 0 aromatic rings. The van der Waals surface area contributed by atoms with Crippen molar-refractivity contribution in [3.63, 3.8) is 0 Å². The van der Waals surface area contributed by atoms with Gasteiger partial charge in [-0.3, -0.25) is 9.69 Å². The quantitative estimate of drug-likeness (QED) is 0.639. The Labute approximate surface area is 129 Å². The van der Waals surface area contributed by atoms with Crippen LogP contribution < -0.4 is 11.1 Å². The third-order valence-corrected chi connectivity index (χ3v) is 5.27. The number of hydrogen-bond donors (Lipinski definition) is 2. The monoisotopic (exact) mass is 299 g/mol. The Morgan fingerprint density at radius 1 is 1.52 bits per heavy atom. The van der Waals surface area contributed by atoms with E-state index in [0.29, 0.717) is 12.0 Å². The highest BCUT2D eigenvalue weighted by atomic mass is 16.5. The van der Waals surface area contributed by atoms with Crippen LogP contribution in [0.2, 0.25) is 0 Å². The Morgan fingerprint density at radius 3 is 2.76 bits per heavy atom. The van der Waals surface area contributed by atoms with Crippen molar-refractivity contribution < 1.29 is 9.53 Å². The minimum Gasteiger partial charge on any atom is -0.383 e. The Hall–Kier alpha value is -0.650. The van der Waals surface area contributed by atoms with Crippen LogP contribution in [-0.2, 0) is 9.53 Å². The minimum absolute atomic E-state index is 0.195. The number of methoxy groups -OCH3 is 1. The number of nitrogens with two attached hydrogens (primary N) is 1. The number of nitrogens with one attached hydrogen (secondary N) is 1. The summed E-state index contributed by atoms with van der Waals surface area (Å²) in [6, 6.07) is 0.541. The van der Waals surface area contributed by atoms with Crippen molar-refractivity contribution in [1.29, 1.82) is 0 Å². The average Bonchev–Trinajstić information content (AvgIpc) is 2.90. The van der Waals surface area contributed by atoms with Gasteiger partial charge in [0.2, 0.25) is 5.91 Å². The molecular weight excluding hydrogens is 266 g/mol. The van der Waals surface area contributed by atoms with E-state index in [1.54, 1.807) is 7.11 Å². The van der Waals surface area contributed by atoms with Crippen LogP contribution in [0.5, 0.6) is 0 Å². The average molecular weight is 299 g/mol. The number of carbonyl (C=O) groups is 1. The van der Waals surface area contributed by atoms with E-state index in [1.807, 2.05) is 7.05 Å². The Morgan fingerprint density at radius 2 is 2.24 bits per heavy atom. The zero-order valence-electron chi connectivity index (χ0n) is 14.2. The molecule has 5 heteroatoms. The molecule has 3 unspecified atom stereocenters. The third kappa shape index (κ3) is 4.41. The van der Waals surface area contributed by atoms with E-state index in [0.717, 1.165) is 51.8 Å². The van der Waals surface area contributed by atoms with E-state index in [1.165, 1.54) is 0 Å². The highest BCUT2D eigenvalue weighted by Crippen LogP contribution is 2.37. The summed E-state index contributed by atoms with van der Waals surface area (Å²) >= 11 is 0. The molecule has 1 aliphatic carbocycles. The molecule has 3 N–H and O–H groups in total. The van der Waals surface area contributed by atoms with E-state index in [4.69, 9.17) is 10.5 Å². The summed E-state index contributed by atoms with van der Waals surface area (Å²) in [6.45, 7) is 7.16. The van der Waals surface area contributed by atoms with Crippen LogP contribution in [0, 0.1) is 5.92 Å². The van der Waals surface area contributed by atoms with Crippen LogP contribution in [0.15, 0.2) is 0 Å². The first-order valence-electron chi connectivity index (χ1n) is 8.23. The molecule has 0 heterocycles. The van der Waals surface area contributed by atoms with Gasteiger partial charge in [-0.05, 0) is 52.1 Å². The molecular formula is C16H33N3O2. The van der Waals surface area contributed by atoms with Crippen molar-refractivity contribution in [2.45, 2.75) is 57.5 Å². The Balaban J connectivity index is 2.63. The number of likely N-dealkylation sites (N-methyl/N-ethyl adjacent to an activating group) is 1. The lowest BCUT2D eigenvalue weighted by atomic mass is 9.84. The highest BCUT2D eigenvalue weighted by molar-refractivity contribution is 5.85. The molecule has 3 atom stereocenters. The lowest BCUT2D eigenvalue weighted by Gasteiger charge is -2.35. The largest absolute Gasteiger partial charge is 0.383 e. The van der Waals surface area contributed by atoms with Gasteiger partial charge < -0.3 is 15.8 Å². The maximum atomic E-state index is 11.9. The number of ether oxygens (including phenoxy) is 1. The molecule has 1 rings (SSSR count). The summed E-state index contributed by atoms with van der Waals surface area (Å²) in [4.78, 5) is 14.4. The second-order valence-electron chi connectivity index (χ2n) is 6.25. The van der Waals surface area contributed by atoms with Crippen LogP contribution in [-0.4, -0.2) is 56.2 Å². The molecule has 0 aromatic carbocycles. The molecule has 1 aliphatic rings. The molecule has 0 bridgehead atoms. The first-order valence-corrected chi connectivity index (χ1v) is 8.23. The van der Waals surface area contributed by atoms with Crippen LogP contribution in [0.1, 0.15) is 46.0 Å². The van der Waals surface area contributed by atoms with Crippen LogP contribution in [0.25, 0.3) is 0 Å². The maximum Gasteiger partial charge on any atom is 0.238 e. The van der Waals surface area contributed by atoms with Crippen LogP contribution in [0.3, 0.4) is 0 Å². The second-order valence-corrected chi connectivity index (χ2v) is 6.25. The minimum atomic E-state index is -0.498. The molecule has 0 aromatic heterocycles. The highest BCUT2D eigenvalue weighted by Gasteiger charge is 2.46. The first kappa shape index (κ1) is 18.4. The molecule has 1 saturated carbocycles. The number of rotatable bonds is 10. The number of amides is 1. The van der Waals surface area contributed by atoms with Crippen LogP contribution >= 0.6 is 0 Å². The molecule has 0 saturated heterocycles. The summed E-state index contributed by atoms with van der Waals surface area (Å²) in [5.41, 5.74) is 5.17. The van der Waals surface area contributed by atoms with Gasteiger partial charge >= 0.3 is 0 Å². The standard InChI is InChI=1S/C16H33N3O2/c1-5-13(2)19(11-12-21-4)10-8-14-7-6-9-16(14,18-3)15(17)20/h13-14,18H,5-12H2,1-4H3,(H2,17,20). The van der Waals surface area contributed by atoms with Crippen LogP contribution in [0.4, 0.5) is 0 Å². The van der Waals surface area contributed by atoms with E-state index in [2.05, 4.69) is 24.1 Å². The van der Waals surface area contributed by atoms with Gasteiger partial charge in [0.15, 0.2) is 0 Å². The predicted molar refractivity (Wildman–Crippen MR) is 86.1 cm³/mol. The Kier molecular flexibility index (Phi) is 7.63. The number of hydrogen-bond acceptors (Lipinski definition) is 4. The molecule has 1 amide bonds. The fourth-order valence-electron chi connectivity index (χ4n) is 3.59. The number of carbonyl (C=O) groups excluding carboxylic acids is 1. The van der Waals surface area contributed by atoms with Crippen molar-refractivity contribution in [2.75, 3.05) is 33.9 Å². The lowest BCUT2D eigenvalue weighted by Crippen LogP contribution is -2.57. The van der Waals surface area contributed by atoms with Gasteiger partial charge in [0.25, 0.3) is 0 Å². The predicted octanol–water partition coefficient (Wildman–Crippen LogP) is 1.37. The summed E-state index contributed by atoms with van der Waals surface area (Å²) in [7, 11) is 3.60. The van der Waals surface area contributed by atoms with Crippen molar-refractivity contribution in [2.24, 2.45) is 11.7 Å². The zero-order valence-corrected chi connectivity index (χ0v) is 14.2. The molecule has 5 nitrogen and oxygen atoms in total. The normalized spacial score (nSPS) is 27.2. The van der Waals surface area contributed by atoms with E-state index < -0.39 is 5.54 Å². The molecule has 1 fully saturated rings. The smallest absolute Gasteiger partial charge is 0.238 e. The molecule has 0 aliphatic heterocycles. The number of nitrogens with zero attached hydrogens (tertiary/aromatic N) is 1. The fourth-order valence-corrected chi connectivity index (χ4v) is 3.59. The van der Waals surface area contributed by atoms with Gasteiger partial charge in [-0.2, -0.15) is 0 Å². The SMILES string of the molecule is CCC(C)N(CCOC)CCC1CCCC1(NC)C(N)=O. The molecule has 0 spiro atoms. The zero-order chi connectivity index (χ0) is 15.9. The Bertz CT molecular complexity index is 325. The van der Waals surface area contributed by atoms with Gasteiger partial charge in [0.05, 0.1) is 6.61 Å². The van der Waals surface area contributed by atoms with Gasteiger partial charge in [-0.15, -0.1) is 0 Å². The van der Waals surface area contributed by atoms with E-state index >= 15 is 0 Å². The topological polar surface area (TPSA) is 67.6 Å². The second kappa shape index (κ2) is 8.71. The number of primary amides is 1. The summed E-state index contributed by atoms with van der Waals surface area (Å²) in [6.07, 6.45) is 5.17. The molecule has 0 radical (unpaired) electrons.